The SMILES string of the molecule is C#CCNCC(=O)Nc1ccc(C)cc1[N+](=O)[O-]. The molecule has 0 aromatic heterocycles. The lowest BCUT2D eigenvalue weighted by Crippen LogP contribution is -2.28. The number of nitro groups is 1. The smallest absolute Gasteiger partial charge is 0.293 e. The highest BCUT2D eigenvalue weighted by molar-refractivity contribution is 5.94. The molecule has 2 N–H and O–H groups in total. The second-order valence-corrected chi connectivity index (χ2v) is 3.63. The predicted molar refractivity (Wildman–Crippen MR) is 68.2 cm³/mol. The quantitative estimate of drug-likeness (QED) is 0.353. The standard InChI is InChI=1S/C12H13N3O3/c1-3-6-13-8-12(16)14-10-5-4-9(2)7-11(10)15(17)18/h1,4-5,7,13H,6,8H2,2H3,(H,14,16). The fourth-order valence-corrected chi connectivity index (χ4v) is 1.34. The molecule has 0 aliphatic rings. The maximum atomic E-state index is 11.5. The van der Waals surface area contributed by atoms with Crippen LogP contribution in [0.1, 0.15) is 5.56 Å². The highest BCUT2D eigenvalue weighted by Gasteiger charge is 2.15. The zero-order valence-corrected chi connectivity index (χ0v) is 9.90. The Morgan fingerprint density at radius 1 is 1.56 bits per heavy atom. The first-order valence-corrected chi connectivity index (χ1v) is 5.23. The summed E-state index contributed by atoms with van der Waals surface area (Å²) in [6.45, 7) is 2.02. The summed E-state index contributed by atoms with van der Waals surface area (Å²) in [4.78, 5) is 21.8. The first-order chi connectivity index (χ1) is 8.54. The van der Waals surface area contributed by atoms with Crippen LogP contribution in [0.2, 0.25) is 0 Å². The van der Waals surface area contributed by atoms with Crippen molar-refractivity contribution < 1.29 is 9.72 Å². The zero-order valence-electron chi connectivity index (χ0n) is 9.90. The van der Waals surface area contributed by atoms with Gasteiger partial charge in [-0.25, -0.2) is 0 Å². The van der Waals surface area contributed by atoms with Gasteiger partial charge >= 0.3 is 0 Å². The number of nitrogens with one attached hydrogen (secondary N) is 2. The van der Waals surface area contributed by atoms with Gasteiger partial charge in [-0.15, -0.1) is 6.42 Å². The number of anilines is 1. The Morgan fingerprint density at radius 3 is 2.89 bits per heavy atom. The molecular weight excluding hydrogens is 234 g/mol. The van der Waals surface area contributed by atoms with E-state index in [1.54, 1.807) is 13.0 Å². The Kier molecular flexibility index (Phi) is 4.84. The molecule has 0 saturated carbocycles. The summed E-state index contributed by atoms with van der Waals surface area (Å²) in [5.74, 6) is 1.95. The normalized spacial score (nSPS) is 9.56. The molecule has 6 heteroatoms. The Bertz CT molecular complexity index is 506. The van der Waals surface area contributed by atoms with Crippen LogP contribution in [-0.2, 0) is 4.79 Å². The number of carbonyl (C=O) groups excluding carboxylic acids is 1. The Morgan fingerprint density at radius 2 is 2.28 bits per heavy atom. The van der Waals surface area contributed by atoms with Crippen LogP contribution in [0.3, 0.4) is 0 Å². The summed E-state index contributed by atoms with van der Waals surface area (Å²) in [6, 6.07) is 4.61. The first-order valence-electron chi connectivity index (χ1n) is 5.23. The van der Waals surface area contributed by atoms with Gasteiger partial charge in [0, 0.05) is 6.07 Å². The molecule has 0 saturated heterocycles. The van der Waals surface area contributed by atoms with Gasteiger partial charge in [0.2, 0.25) is 5.91 Å². The van der Waals surface area contributed by atoms with Crippen LogP contribution in [-0.4, -0.2) is 23.9 Å². The van der Waals surface area contributed by atoms with Crippen LogP contribution in [0.4, 0.5) is 11.4 Å². The number of hydrogen-bond donors (Lipinski definition) is 2. The summed E-state index contributed by atoms with van der Waals surface area (Å²) in [5, 5.41) is 16.0. The fraction of sp³-hybridized carbons (Fsp3) is 0.250. The van der Waals surface area contributed by atoms with Crippen molar-refractivity contribution in [1.82, 2.24) is 5.32 Å². The average molecular weight is 247 g/mol. The Balaban J connectivity index is 2.75. The van der Waals surface area contributed by atoms with Gasteiger partial charge in [-0.1, -0.05) is 12.0 Å². The van der Waals surface area contributed by atoms with Gasteiger partial charge in [-0.05, 0) is 18.6 Å². The molecular formula is C12H13N3O3. The number of hydrogen-bond acceptors (Lipinski definition) is 4. The molecule has 0 aliphatic carbocycles. The molecule has 0 heterocycles. The van der Waals surface area contributed by atoms with E-state index in [1.807, 2.05) is 0 Å². The number of rotatable bonds is 5. The van der Waals surface area contributed by atoms with Crippen LogP contribution in [0.15, 0.2) is 18.2 Å². The second-order valence-electron chi connectivity index (χ2n) is 3.63. The van der Waals surface area contributed by atoms with Gasteiger partial charge in [0.25, 0.3) is 5.69 Å². The van der Waals surface area contributed by atoms with Gasteiger partial charge in [-0.2, -0.15) is 0 Å². The van der Waals surface area contributed by atoms with Crippen molar-refractivity contribution in [3.63, 3.8) is 0 Å². The molecule has 0 spiro atoms. The van der Waals surface area contributed by atoms with Crippen LogP contribution in [0.5, 0.6) is 0 Å². The molecule has 18 heavy (non-hydrogen) atoms. The Hall–Kier alpha value is -2.39. The maximum absolute atomic E-state index is 11.5. The maximum Gasteiger partial charge on any atom is 0.293 e. The minimum atomic E-state index is -0.530. The van der Waals surface area contributed by atoms with E-state index in [0.717, 1.165) is 5.56 Å². The number of terminal acetylenes is 1. The van der Waals surface area contributed by atoms with Crippen LogP contribution >= 0.6 is 0 Å². The lowest BCUT2D eigenvalue weighted by atomic mass is 10.2. The summed E-state index contributed by atoms with van der Waals surface area (Å²) in [6.07, 6.45) is 5.01. The molecule has 0 bridgehead atoms. The second kappa shape index (κ2) is 6.37. The zero-order chi connectivity index (χ0) is 13.5. The topological polar surface area (TPSA) is 84.3 Å². The molecule has 1 aromatic rings. The van der Waals surface area contributed by atoms with E-state index in [0.29, 0.717) is 0 Å². The van der Waals surface area contributed by atoms with Crippen molar-refractivity contribution in [2.24, 2.45) is 0 Å². The van der Waals surface area contributed by atoms with E-state index < -0.39 is 4.92 Å². The number of aryl methyl sites for hydroxylation is 1. The molecule has 0 radical (unpaired) electrons. The van der Waals surface area contributed by atoms with Crippen molar-refractivity contribution >= 4 is 17.3 Å². The minimum absolute atomic E-state index is 0.00916. The first kappa shape index (κ1) is 13.7. The third-order valence-electron chi connectivity index (χ3n) is 2.14. The number of benzene rings is 1. The van der Waals surface area contributed by atoms with Gasteiger partial charge in [-0.3, -0.25) is 20.2 Å². The number of nitrogens with zero attached hydrogens (tertiary/aromatic N) is 1. The Labute approximate surface area is 105 Å². The average Bonchev–Trinajstić information content (AvgIpc) is 2.31. The van der Waals surface area contributed by atoms with Crippen LogP contribution in [0, 0.1) is 29.4 Å². The van der Waals surface area contributed by atoms with E-state index in [2.05, 4.69) is 16.6 Å². The number of amides is 1. The van der Waals surface area contributed by atoms with Crippen molar-refractivity contribution in [3.05, 3.63) is 33.9 Å². The summed E-state index contributed by atoms with van der Waals surface area (Å²) in [7, 11) is 0. The molecule has 1 aromatic carbocycles. The van der Waals surface area contributed by atoms with E-state index in [4.69, 9.17) is 6.42 Å². The summed E-state index contributed by atoms with van der Waals surface area (Å²) >= 11 is 0. The van der Waals surface area contributed by atoms with Gasteiger partial charge in [0.1, 0.15) is 5.69 Å². The highest BCUT2D eigenvalue weighted by atomic mass is 16.6. The van der Waals surface area contributed by atoms with Crippen molar-refractivity contribution in [1.29, 1.82) is 0 Å². The van der Waals surface area contributed by atoms with Crippen molar-refractivity contribution in [2.75, 3.05) is 18.4 Å². The number of carbonyl (C=O) groups is 1. The number of nitro benzene ring substituents is 1. The monoisotopic (exact) mass is 247 g/mol. The van der Waals surface area contributed by atoms with Gasteiger partial charge in [0.15, 0.2) is 0 Å². The van der Waals surface area contributed by atoms with Gasteiger partial charge in [0.05, 0.1) is 18.0 Å². The fourth-order valence-electron chi connectivity index (χ4n) is 1.34. The van der Waals surface area contributed by atoms with Crippen LogP contribution in [0.25, 0.3) is 0 Å². The highest BCUT2D eigenvalue weighted by Crippen LogP contribution is 2.24. The lowest BCUT2D eigenvalue weighted by Gasteiger charge is -2.06. The largest absolute Gasteiger partial charge is 0.319 e. The molecule has 0 atom stereocenters. The molecule has 1 rings (SSSR count). The van der Waals surface area contributed by atoms with Crippen molar-refractivity contribution in [3.8, 4) is 12.3 Å². The van der Waals surface area contributed by atoms with E-state index in [-0.39, 0.29) is 30.4 Å². The van der Waals surface area contributed by atoms with Crippen LogP contribution < -0.4 is 10.6 Å². The molecule has 0 unspecified atom stereocenters. The third-order valence-corrected chi connectivity index (χ3v) is 2.14. The molecule has 0 aliphatic heterocycles. The van der Waals surface area contributed by atoms with E-state index in [9.17, 15) is 14.9 Å². The summed E-state index contributed by atoms with van der Waals surface area (Å²) < 4.78 is 0. The van der Waals surface area contributed by atoms with Gasteiger partial charge < -0.3 is 5.32 Å². The molecule has 6 nitrogen and oxygen atoms in total. The van der Waals surface area contributed by atoms with Crippen molar-refractivity contribution in [2.45, 2.75) is 6.92 Å². The predicted octanol–water partition coefficient (Wildman–Crippen LogP) is 1.06. The summed E-state index contributed by atoms with van der Waals surface area (Å²) in [5.41, 5.74) is 0.809. The molecule has 94 valence electrons. The lowest BCUT2D eigenvalue weighted by molar-refractivity contribution is -0.384. The van der Waals surface area contributed by atoms with E-state index in [1.165, 1.54) is 12.1 Å². The minimum Gasteiger partial charge on any atom is -0.319 e. The van der Waals surface area contributed by atoms with E-state index >= 15 is 0 Å². The third kappa shape index (κ3) is 3.88. The molecule has 0 fully saturated rings. The molecule has 1 amide bonds.